The zero-order valence-corrected chi connectivity index (χ0v) is 25.7. The second-order valence-electron chi connectivity index (χ2n) is 13.1. The van der Waals surface area contributed by atoms with Crippen molar-refractivity contribution in [2.24, 2.45) is 0 Å². The summed E-state index contributed by atoms with van der Waals surface area (Å²) in [5, 5.41) is 28.8. The van der Waals surface area contributed by atoms with Gasteiger partial charge in [0.25, 0.3) is 11.4 Å². The third-order valence-electron chi connectivity index (χ3n) is 11.0. The van der Waals surface area contributed by atoms with Crippen LogP contribution >= 0.6 is 0 Å². The number of allylic oxidation sites excluding steroid dienone is 2. The quantitative estimate of drug-likeness (QED) is 0.109. The second-order valence-corrected chi connectivity index (χ2v) is 13.1. The lowest BCUT2D eigenvalue weighted by molar-refractivity contribution is -0.385. The van der Waals surface area contributed by atoms with Gasteiger partial charge >= 0.3 is 0 Å². The summed E-state index contributed by atoms with van der Waals surface area (Å²) in [5.74, 6) is -0.502. The Hall–Kier alpha value is -6.28. The van der Waals surface area contributed by atoms with Crippen LogP contribution < -0.4 is 0 Å². The number of hydrogen-bond acceptors (Lipinski definition) is 6. The van der Waals surface area contributed by atoms with E-state index in [-0.39, 0.29) is 22.9 Å². The van der Waals surface area contributed by atoms with Crippen molar-refractivity contribution in [1.29, 1.82) is 0 Å². The van der Waals surface area contributed by atoms with E-state index >= 15 is 9.59 Å². The zero-order valence-electron chi connectivity index (χ0n) is 25.7. The fourth-order valence-corrected chi connectivity index (χ4v) is 8.59. The Morgan fingerprint density at radius 2 is 0.875 bits per heavy atom. The van der Waals surface area contributed by atoms with E-state index < -0.39 is 20.7 Å². The van der Waals surface area contributed by atoms with E-state index in [0.29, 0.717) is 22.3 Å². The Balaban J connectivity index is 1.42. The van der Waals surface area contributed by atoms with Crippen LogP contribution in [0.1, 0.15) is 47.2 Å². The number of rotatable bonds is 4. The minimum atomic E-state index is -1.39. The molecule has 0 saturated carbocycles. The Bertz CT molecular complexity index is 2430. The lowest BCUT2D eigenvalue weighted by Gasteiger charge is -2.53. The molecule has 8 nitrogen and oxygen atoms in total. The summed E-state index contributed by atoms with van der Waals surface area (Å²) in [6.07, 6.45) is 3.69. The Morgan fingerprint density at radius 3 is 1.23 bits per heavy atom. The van der Waals surface area contributed by atoms with Gasteiger partial charge in [-0.25, -0.2) is 0 Å². The number of Topliss-reactive ketones (excluding diaryl/α,β-unsaturated/α-hetero) is 2. The molecule has 230 valence electrons. The van der Waals surface area contributed by atoms with Gasteiger partial charge in [-0.1, -0.05) is 48.5 Å². The Kier molecular flexibility index (Phi) is 5.34. The summed E-state index contributed by atoms with van der Waals surface area (Å²) in [4.78, 5) is 52.5. The molecule has 3 aliphatic rings. The molecular formula is C40H24N2O6. The number of nitrogens with zero attached hydrogens (tertiary/aromatic N) is 2. The van der Waals surface area contributed by atoms with Crippen LogP contribution in [0.3, 0.4) is 0 Å². The average molecular weight is 629 g/mol. The lowest BCUT2D eigenvalue weighted by atomic mass is 9.46. The molecule has 2 atom stereocenters. The molecule has 3 aliphatic carbocycles. The van der Waals surface area contributed by atoms with Crippen molar-refractivity contribution in [1.82, 2.24) is 0 Å². The molecule has 0 spiro atoms. The van der Waals surface area contributed by atoms with Gasteiger partial charge < -0.3 is 0 Å². The van der Waals surface area contributed by atoms with Crippen LogP contribution in [0.2, 0.25) is 0 Å². The van der Waals surface area contributed by atoms with Gasteiger partial charge in [0.05, 0.1) is 20.7 Å². The van der Waals surface area contributed by atoms with E-state index in [4.69, 9.17) is 0 Å². The van der Waals surface area contributed by atoms with Crippen molar-refractivity contribution >= 4 is 78.6 Å². The molecule has 0 heterocycles. The Morgan fingerprint density at radius 1 is 0.500 bits per heavy atom. The molecule has 0 bridgehead atoms. The molecule has 9 rings (SSSR count). The first-order valence-electron chi connectivity index (χ1n) is 15.5. The smallest absolute Gasteiger partial charge is 0.269 e. The number of nitro groups is 2. The van der Waals surface area contributed by atoms with Gasteiger partial charge in [-0.3, -0.25) is 29.8 Å². The molecule has 0 aromatic heterocycles. The van der Waals surface area contributed by atoms with Gasteiger partial charge in [0.2, 0.25) is 0 Å². The van der Waals surface area contributed by atoms with E-state index in [1.807, 2.05) is 50.3 Å². The highest BCUT2D eigenvalue weighted by Gasteiger charge is 2.63. The topological polar surface area (TPSA) is 120 Å². The molecule has 48 heavy (non-hydrogen) atoms. The molecule has 0 radical (unpaired) electrons. The predicted octanol–water partition coefficient (Wildman–Crippen LogP) is 8.74. The number of ketones is 2. The minimum Gasteiger partial charge on any atom is -0.293 e. The number of benzene rings is 6. The van der Waals surface area contributed by atoms with Crippen molar-refractivity contribution in [2.75, 3.05) is 0 Å². The molecule has 8 heteroatoms. The van der Waals surface area contributed by atoms with Crippen LogP contribution in [-0.2, 0) is 20.4 Å². The molecule has 0 aliphatic heterocycles. The number of hydrogen-bond donors (Lipinski definition) is 0. The number of non-ortho nitro benzene ring substituents is 2. The summed E-state index contributed by atoms with van der Waals surface area (Å²) in [7, 11) is 0. The maximum atomic E-state index is 15.3. The standard InChI is InChI=1S/C40H24N2O6/c1-39-35-23(19-31(37(39)43)21-7-13-25(14-8-21)41(45)46)11-17-29-27-5-3-4-6-28(27)30-18-12-24-20-32(22-9-15-26(16-10-22)42(47)48)38(44)40(39,2)36(24)34(30)33(29)35/h3-20H,1-2H3. The first kappa shape index (κ1) is 28.0. The summed E-state index contributed by atoms with van der Waals surface area (Å²) in [5.41, 5.74) is 2.06. The first-order chi connectivity index (χ1) is 23.1. The average Bonchev–Trinajstić information content (AvgIpc) is 3.10. The van der Waals surface area contributed by atoms with E-state index in [2.05, 4.69) is 24.3 Å². The molecular weight excluding hydrogens is 604 g/mol. The van der Waals surface area contributed by atoms with Crippen LogP contribution in [0.4, 0.5) is 11.4 Å². The molecule has 0 saturated heterocycles. The van der Waals surface area contributed by atoms with E-state index in [1.165, 1.54) is 24.3 Å². The molecule has 6 aromatic rings. The van der Waals surface area contributed by atoms with Gasteiger partial charge in [-0.2, -0.15) is 0 Å². The van der Waals surface area contributed by atoms with Crippen LogP contribution in [0.25, 0.3) is 55.6 Å². The fraction of sp³-hybridized carbons (Fsp3) is 0.100. The Labute approximate surface area is 272 Å². The molecule has 0 amide bonds. The minimum absolute atomic E-state index is 0.0852. The van der Waals surface area contributed by atoms with Gasteiger partial charge in [-0.05, 0) is 116 Å². The van der Waals surface area contributed by atoms with Crippen molar-refractivity contribution in [3.05, 3.63) is 151 Å². The van der Waals surface area contributed by atoms with Crippen LogP contribution in [0, 0.1) is 20.2 Å². The third-order valence-corrected chi connectivity index (χ3v) is 11.0. The van der Waals surface area contributed by atoms with Crippen molar-refractivity contribution in [2.45, 2.75) is 24.7 Å². The number of nitro benzene ring substituents is 2. The first-order valence-corrected chi connectivity index (χ1v) is 15.5. The van der Waals surface area contributed by atoms with Gasteiger partial charge in [0.1, 0.15) is 0 Å². The van der Waals surface area contributed by atoms with E-state index in [9.17, 15) is 20.2 Å². The van der Waals surface area contributed by atoms with Gasteiger partial charge in [-0.15, -0.1) is 0 Å². The molecule has 6 aromatic carbocycles. The zero-order chi connectivity index (χ0) is 33.3. The van der Waals surface area contributed by atoms with E-state index in [0.717, 1.165) is 54.6 Å². The largest absolute Gasteiger partial charge is 0.293 e. The maximum Gasteiger partial charge on any atom is 0.269 e. The predicted molar refractivity (Wildman–Crippen MR) is 186 cm³/mol. The maximum absolute atomic E-state index is 15.3. The third kappa shape index (κ3) is 3.23. The molecule has 0 fully saturated rings. The van der Waals surface area contributed by atoms with Crippen molar-refractivity contribution in [3.63, 3.8) is 0 Å². The summed E-state index contributed by atoms with van der Waals surface area (Å²) in [6.45, 7) is 3.73. The van der Waals surface area contributed by atoms with Crippen molar-refractivity contribution in [3.8, 4) is 0 Å². The van der Waals surface area contributed by atoms with Crippen LogP contribution in [0.5, 0.6) is 0 Å². The van der Waals surface area contributed by atoms with Gasteiger partial charge in [0, 0.05) is 35.4 Å². The van der Waals surface area contributed by atoms with Crippen LogP contribution in [-0.4, -0.2) is 21.4 Å². The van der Waals surface area contributed by atoms with Crippen LogP contribution in [0.15, 0.2) is 97.1 Å². The lowest BCUT2D eigenvalue weighted by Crippen LogP contribution is -2.59. The number of fused-ring (bicyclic) bond motifs is 4. The normalized spacial score (nSPS) is 20.7. The summed E-state index contributed by atoms with van der Waals surface area (Å²) >= 11 is 0. The monoisotopic (exact) mass is 628 g/mol. The second kappa shape index (κ2) is 9.17. The number of carbonyl (C=O) groups is 2. The highest BCUT2D eigenvalue weighted by atomic mass is 16.6. The van der Waals surface area contributed by atoms with Gasteiger partial charge in [0.15, 0.2) is 11.6 Å². The number of carbonyl (C=O) groups excluding carboxylic acids is 2. The summed E-state index contributed by atoms with van der Waals surface area (Å²) in [6, 6.07) is 28.2. The van der Waals surface area contributed by atoms with Crippen molar-refractivity contribution < 1.29 is 19.4 Å². The van der Waals surface area contributed by atoms with E-state index in [1.54, 1.807) is 24.3 Å². The molecule has 2 unspecified atom stereocenters. The molecule has 0 N–H and O–H groups in total. The highest BCUT2D eigenvalue weighted by molar-refractivity contribution is 6.42. The fourth-order valence-electron chi connectivity index (χ4n) is 8.59. The highest BCUT2D eigenvalue weighted by Crippen LogP contribution is 2.63. The summed E-state index contributed by atoms with van der Waals surface area (Å²) < 4.78 is 0. The SMILES string of the molecule is CC12C(=O)C(c3ccc([N+](=O)[O-])cc3)=Cc3ccc4c5ccccc5c5ccc6c(c5c4c31)C2(C)C(=O)C(c1ccc([N+](=O)[O-])cc1)=C6.